The lowest BCUT2D eigenvalue weighted by atomic mass is 10.1. The number of aromatic nitrogens is 1. The number of ether oxygens (including phenoxy) is 1. The molecule has 3 aromatic rings. The molecule has 4 rings (SSSR count). The highest BCUT2D eigenvalue weighted by Crippen LogP contribution is 2.21. The van der Waals surface area contributed by atoms with Gasteiger partial charge in [-0.05, 0) is 47.9 Å². The molecule has 1 aliphatic heterocycles. The van der Waals surface area contributed by atoms with Crippen molar-refractivity contribution in [3.8, 4) is 0 Å². The molecule has 31 heavy (non-hydrogen) atoms. The fourth-order valence-corrected chi connectivity index (χ4v) is 3.70. The second-order valence-corrected chi connectivity index (χ2v) is 7.93. The topological polar surface area (TPSA) is 111 Å². The molecular formula is C22H20BrN5O3. The molecule has 0 bridgehead atoms. The summed E-state index contributed by atoms with van der Waals surface area (Å²) in [7, 11) is 0. The molecule has 0 unspecified atom stereocenters. The van der Waals surface area contributed by atoms with Gasteiger partial charge in [0.1, 0.15) is 5.70 Å². The minimum absolute atomic E-state index is 0.0263. The standard InChI is InChI=1S/C22H20BrN5O3/c23-16-4-1-15-11-18(21(29)26-19(15)12-16)20(27-24)13-25-17-5-2-14(3-6-17)22(30)28-7-9-31-10-8-28/h1-6,11-13,24-25H,7-10H2,(H,26,29)/b20-13-,27-24?. The highest BCUT2D eigenvalue weighted by Gasteiger charge is 2.18. The average Bonchev–Trinajstić information content (AvgIpc) is 2.80. The maximum atomic E-state index is 12.5. The number of carbonyl (C=O) groups is 1. The van der Waals surface area contributed by atoms with Gasteiger partial charge in [0, 0.05) is 40.5 Å². The smallest absolute Gasteiger partial charge is 0.258 e. The Morgan fingerprint density at radius 3 is 2.61 bits per heavy atom. The highest BCUT2D eigenvalue weighted by molar-refractivity contribution is 9.10. The number of hydrogen-bond donors (Lipinski definition) is 3. The Bertz CT molecular complexity index is 1210. The molecule has 1 fully saturated rings. The minimum Gasteiger partial charge on any atom is -0.378 e. The normalized spacial score (nSPS) is 14.5. The number of morpholine rings is 1. The number of hydrogen-bond acceptors (Lipinski definition) is 6. The lowest BCUT2D eigenvalue weighted by molar-refractivity contribution is 0.0303. The van der Waals surface area contributed by atoms with Gasteiger partial charge in [-0.3, -0.25) is 9.59 Å². The van der Waals surface area contributed by atoms with Crippen LogP contribution in [0.15, 0.2) is 69.1 Å². The van der Waals surface area contributed by atoms with Gasteiger partial charge in [-0.15, -0.1) is 0 Å². The summed E-state index contributed by atoms with van der Waals surface area (Å²) in [6.45, 7) is 2.29. The van der Waals surface area contributed by atoms with E-state index in [2.05, 4.69) is 31.3 Å². The molecule has 0 radical (unpaired) electrons. The van der Waals surface area contributed by atoms with Gasteiger partial charge >= 0.3 is 0 Å². The Morgan fingerprint density at radius 2 is 1.90 bits per heavy atom. The van der Waals surface area contributed by atoms with Crippen molar-refractivity contribution < 1.29 is 9.53 Å². The van der Waals surface area contributed by atoms with Crippen LogP contribution in [0.2, 0.25) is 0 Å². The third-order valence-corrected chi connectivity index (χ3v) is 5.50. The maximum absolute atomic E-state index is 12.5. The van der Waals surface area contributed by atoms with Crippen LogP contribution in [0.25, 0.3) is 16.6 Å². The van der Waals surface area contributed by atoms with E-state index < -0.39 is 0 Å². The molecule has 1 aromatic heterocycles. The highest BCUT2D eigenvalue weighted by atomic mass is 79.9. The Labute approximate surface area is 186 Å². The van der Waals surface area contributed by atoms with E-state index in [1.807, 2.05) is 18.2 Å². The summed E-state index contributed by atoms with van der Waals surface area (Å²) in [6, 6.07) is 14.3. The van der Waals surface area contributed by atoms with Gasteiger partial charge in [-0.2, -0.15) is 5.11 Å². The van der Waals surface area contributed by atoms with Crippen molar-refractivity contribution >= 4 is 44.1 Å². The molecule has 0 spiro atoms. The first-order valence-corrected chi connectivity index (χ1v) is 10.5. The van der Waals surface area contributed by atoms with Crippen molar-refractivity contribution in [1.82, 2.24) is 9.88 Å². The second kappa shape index (κ2) is 9.23. The Morgan fingerprint density at radius 1 is 1.16 bits per heavy atom. The van der Waals surface area contributed by atoms with Crippen molar-refractivity contribution in [1.29, 1.82) is 5.53 Å². The first-order valence-electron chi connectivity index (χ1n) is 9.69. The SMILES string of the molecule is N=N/C(=C\Nc1ccc(C(=O)N2CCOCC2)cc1)c1cc2ccc(Br)cc2[nH]c1=O. The zero-order valence-electron chi connectivity index (χ0n) is 16.5. The predicted octanol–water partition coefficient (Wildman–Crippen LogP) is 4.20. The van der Waals surface area contributed by atoms with Gasteiger partial charge < -0.3 is 19.9 Å². The number of fused-ring (bicyclic) bond motifs is 1. The van der Waals surface area contributed by atoms with E-state index in [4.69, 9.17) is 10.3 Å². The summed E-state index contributed by atoms with van der Waals surface area (Å²) in [5.41, 5.74) is 9.65. The molecule has 3 N–H and O–H groups in total. The fourth-order valence-electron chi connectivity index (χ4n) is 3.34. The number of anilines is 1. The molecule has 0 atom stereocenters. The van der Waals surface area contributed by atoms with Crippen LogP contribution in [0.1, 0.15) is 15.9 Å². The average molecular weight is 482 g/mol. The molecule has 1 aliphatic rings. The minimum atomic E-state index is -0.332. The molecule has 1 saturated heterocycles. The van der Waals surface area contributed by atoms with Crippen LogP contribution in [-0.2, 0) is 4.74 Å². The van der Waals surface area contributed by atoms with Crippen LogP contribution < -0.4 is 10.9 Å². The number of nitrogens with zero attached hydrogens (tertiary/aromatic N) is 2. The molecule has 0 saturated carbocycles. The molecule has 9 heteroatoms. The number of amides is 1. The van der Waals surface area contributed by atoms with Gasteiger partial charge in [0.15, 0.2) is 0 Å². The van der Waals surface area contributed by atoms with Crippen molar-refractivity contribution in [3.63, 3.8) is 0 Å². The first-order chi connectivity index (χ1) is 15.0. The second-order valence-electron chi connectivity index (χ2n) is 7.01. The van der Waals surface area contributed by atoms with E-state index in [-0.39, 0.29) is 22.7 Å². The van der Waals surface area contributed by atoms with Crippen LogP contribution in [-0.4, -0.2) is 42.1 Å². The first kappa shape index (κ1) is 21.0. The van der Waals surface area contributed by atoms with Crippen LogP contribution in [0.5, 0.6) is 0 Å². The summed E-state index contributed by atoms with van der Waals surface area (Å²) >= 11 is 3.38. The molecule has 0 aliphatic carbocycles. The van der Waals surface area contributed by atoms with Crippen molar-refractivity contribution in [2.24, 2.45) is 5.11 Å². The fraction of sp³-hybridized carbons (Fsp3) is 0.182. The Hall–Kier alpha value is -3.30. The summed E-state index contributed by atoms with van der Waals surface area (Å²) in [6.07, 6.45) is 1.50. The predicted molar refractivity (Wildman–Crippen MR) is 122 cm³/mol. The Kier molecular flexibility index (Phi) is 6.24. The summed E-state index contributed by atoms with van der Waals surface area (Å²) in [5, 5.41) is 7.39. The monoisotopic (exact) mass is 481 g/mol. The number of H-pyrrole nitrogens is 1. The number of aromatic amines is 1. The molecule has 8 nitrogen and oxygen atoms in total. The third kappa shape index (κ3) is 4.73. The number of benzene rings is 2. The van der Waals surface area contributed by atoms with Gasteiger partial charge in [0.05, 0.1) is 18.8 Å². The van der Waals surface area contributed by atoms with Gasteiger partial charge in [-0.25, -0.2) is 5.53 Å². The van der Waals surface area contributed by atoms with E-state index in [1.165, 1.54) is 6.20 Å². The maximum Gasteiger partial charge on any atom is 0.258 e. The van der Waals surface area contributed by atoms with Crippen LogP contribution in [0, 0.1) is 5.53 Å². The van der Waals surface area contributed by atoms with E-state index >= 15 is 0 Å². The van der Waals surface area contributed by atoms with Crippen molar-refractivity contribution in [3.05, 3.63) is 80.7 Å². The molecular weight excluding hydrogens is 462 g/mol. The number of pyridine rings is 1. The van der Waals surface area contributed by atoms with Crippen LogP contribution in [0.4, 0.5) is 5.69 Å². The molecule has 2 heterocycles. The zero-order valence-corrected chi connectivity index (χ0v) is 18.1. The lowest BCUT2D eigenvalue weighted by Crippen LogP contribution is -2.40. The van der Waals surface area contributed by atoms with Crippen LogP contribution in [0.3, 0.4) is 0 Å². The molecule has 1 amide bonds. The summed E-state index contributed by atoms with van der Waals surface area (Å²) in [4.78, 5) is 29.6. The van der Waals surface area contributed by atoms with E-state index in [0.29, 0.717) is 43.1 Å². The number of halogens is 1. The van der Waals surface area contributed by atoms with Crippen LogP contribution >= 0.6 is 15.9 Å². The number of rotatable bonds is 5. The largest absolute Gasteiger partial charge is 0.378 e. The molecule has 2 aromatic carbocycles. The van der Waals surface area contributed by atoms with E-state index in [0.717, 1.165) is 9.86 Å². The zero-order chi connectivity index (χ0) is 21.8. The van der Waals surface area contributed by atoms with E-state index in [1.54, 1.807) is 35.2 Å². The summed E-state index contributed by atoms with van der Waals surface area (Å²) < 4.78 is 6.14. The van der Waals surface area contributed by atoms with Gasteiger partial charge in [-0.1, -0.05) is 22.0 Å². The van der Waals surface area contributed by atoms with Gasteiger partial charge in [0.25, 0.3) is 11.5 Å². The molecule has 158 valence electrons. The lowest BCUT2D eigenvalue weighted by Gasteiger charge is -2.26. The summed E-state index contributed by atoms with van der Waals surface area (Å²) in [5.74, 6) is -0.0263. The van der Waals surface area contributed by atoms with Crippen molar-refractivity contribution in [2.45, 2.75) is 0 Å². The number of carbonyl (C=O) groups excluding carboxylic acids is 1. The van der Waals surface area contributed by atoms with E-state index in [9.17, 15) is 9.59 Å². The van der Waals surface area contributed by atoms with Crippen molar-refractivity contribution in [2.75, 3.05) is 31.6 Å². The third-order valence-electron chi connectivity index (χ3n) is 5.01. The quantitative estimate of drug-likeness (QED) is 0.474. The number of nitrogens with one attached hydrogen (secondary N) is 3. The Balaban J connectivity index is 1.53. The van der Waals surface area contributed by atoms with Gasteiger partial charge in [0.2, 0.25) is 0 Å².